The Morgan fingerprint density at radius 2 is 1.95 bits per heavy atom. The molecule has 0 radical (unpaired) electrons. The van der Waals surface area contributed by atoms with E-state index in [-0.39, 0.29) is 18.3 Å². The van der Waals surface area contributed by atoms with Gasteiger partial charge in [0.1, 0.15) is 4.88 Å². The summed E-state index contributed by atoms with van der Waals surface area (Å²) < 4.78 is 4.92. The fourth-order valence-corrected chi connectivity index (χ4v) is 3.17. The van der Waals surface area contributed by atoms with Crippen LogP contribution < -0.4 is 5.32 Å². The predicted molar refractivity (Wildman–Crippen MR) is 85.6 cm³/mol. The van der Waals surface area contributed by atoms with Crippen LogP contribution in [-0.2, 0) is 16.0 Å². The third-order valence-corrected chi connectivity index (χ3v) is 4.86. The number of ether oxygens (including phenoxy) is 1. The van der Waals surface area contributed by atoms with Crippen LogP contribution in [0.5, 0.6) is 0 Å². The van der Waals surface area contributed by atoms with Gasteiger partial charge in [-0.1, -0.05) is 6.07 Å². The molecule has 0 fully saturated rings. The minimum absolute atomic E-state index is 0.102. The maximum Gasteiger partial charge on any atom is 0.348 e. The molecule has 1 amide bonds. The molecule has 0 aliphatic carbocycles. The highest BCUT2D eigenvalue weighted by molar-refractivity contribution is 7.15. The number of amides is 1. The average molecular weight is 337 g/mol. The van der Waals surface area contributed by atoms with Crippen LogP contribution in [0.2, 0.25) is 0 Å². The summed E-state index contributed by atoms with van der Waals surface area (Å²) in [5.41, 5.74) is 0. The van der Waals surface area contributed by atoms with Crippen molar-refractivity contribution in [3.8, 4) is 0 Å². The molecule has 0 unspecified atom stereocenters. The molecule has 0 saturated heterocycles. The van der Waals surface area contributed by atoms with Gasteiger partial charge in [0.25, 0.3) is 5.91 Å². The van der Waals surface area contributed by atoms with E-state index in [0.717, 1.165) is 17.8 Å². The number of nitrogens with one attached hydrogen (secondary N) is 1. The van der Waals surface area contributed by atoms with Crippen LogP contribution in [0.3, 0.4) is 0 Å². The first-order chi connectivity index (χ1) is 10.6. The van der Waals surface area contributed by atoms with E-state index in [1.807, 2.05) is 17.5 Å². The molecule has 7 heteroatoms. The maximum atomic E-state index is 11.7. The third-order valence-electron chi connectivity index (χ3n) is 2.76. The van der Waals surface area contributed by atoms with Gasteiger partial charge in [-0.15, -0.1) is 22.7 Å². The summed E-state index contributed by atoms with van der Waals surface area (Å²) in [5.74, 6) is -1.03. The number of rotatable bonds is 7. The predicted octanol–water partition coefficient (Wildman–Crippen LogP) is 2.53. The second-order valence-corrected chi connectivity index (χ2v) is 6.59. The third kappa shape index (κ3) is 4.78. The minimum Gasteiger partial charge on any atom is -0.451 e. The first-order valence-electron chi connectivity index (χ1n) is 6.63. The van der Waals surface area contributed by atoms with E-state index in [4.69, 9.17) is 4.74 Å². The number of esters is 1. The zero-order valence-electron chi connectivity index (χ0n) is 12.0. The second-order valence-electron chi connectivity index (χ2n) is 4.48. The first-order valence-corrected chi connectivity index (χ1v) is 8.33. The summed E-state index contributed by atoms with van der Waals surface area (Å²) in [7, 11) is 0. The molecule has 0 saturated carbocycles. The Hall–Kier alpha value is -1.99. The highest BCUT2D eigenvalue weighted by Gasteiger charge is 2.14. The normalized spacial score (nSPS) is 10.2. The Bertz CT molecular complexity index is 661. The summed E-state index contributed by atoms with van der Waals surface area (Å²) in [6.07, 6.45) is 0.754. The van der Waals surface area contributed by atoms with Crippen LogP contribution in [0, 0.1) is 0 Å². The lowest BCUT2D eigenvalue weighted by atomic mass is 10.3. The molecule has 0 aliphatic rings. The minimum atomic E-state index is -0.592. The Morgan fingerprint density at radius 3 is 2.59 bits per heavy atom. The molecule has 1 N–H and O–H groups in total. The molecule has 2 heterocycles. The Balaban J connectivity index is 1.70. The molecule has 0 aliphatic heterocycles. The molecule has 2 rings (SSSR count). The van der Waals surface area contributed by atoms with Crippen LogP contribution in [0.15, 0.2) is 29.6 Å². The summed E-state index contributed by atoms with van der Waals surface area (Å²) >= 11 is 2.69. The number of hydrogen-bond acceptors (Lipinski definition) is 6. The summed E-state index contributed by atoms with van der Waals surface area (Å²) in [4.78, 5) is 36.5. The van der Waals surface area contributed by atoms with Crippen molar-refractivity contribution >= 4 is 40.3 Å². The zero-order valence-corrected chi connectivity index (χ0v) is 13.6. The molecule has 2 aromatic rings. The summed E-state index contributed by atoms with van der Waals surface area (Å²) in [6.45, 7) is 1.61. The lowest BCUT2D eigenvalue weighted by Crippen LogP contribution is -2.30. The number of carbonyl (C=O) groups is 3. The van der Waals surface area contributed by atoms with Gasteiger partial charge in [0, 0.05) is 11.4 Å². The quantitative estimate of drug-likeness (QED) is 0.622. The highest BCUT2D eigenvalue weighted by Crippen LogP contribution is 2.17. The fraction of sp³-hybridized carbons (Fsp3) is 0.267. The van der Waals surface area contributed by atoms with Gasteiger partial charge in [-0.3, -0.25) is 9.59 Å². The van der Waals surface area contributed by atoms with Gasteiger partial charge in [-0.05, 0) is 36.9 Å². The molecule has 0 spiro atoms. The van der Waals surface area contributed by atoms with E-state index in [1.54, 1.807) is 17.4 Å². The molecule has 2 aromatic heterocycles. The van der Waals surface area contributed by atoms with Gasteiger partial charge in [0.2, 0.25) is 0 Å². The SMILES string of the molecule is CC(=O)c1ccc(C(=O)OCC(=O)NCCc2cccs2)s1. The van der Waals surface area contributed by atoms with Crippen molar-refractivity contribution in [1.82, 2.24) is 5.32 Å². The van der Waals surface area contributed by atoms with Crippen molar-refractivity contribution in [3.05, 3.63) is 44.3 Å². The number of thiophene rings is 2. The molecule has 0 atom stereocenters. The zero-order chi connectivity index (χ0) is 15.9. The standard InChI is InChI=1S/C15H15NO4S2/c1-10(17)12-4-5-13(22-12)15(19)20-9-14(18)16-7-6-11-3-2-8-21-11/h2-5,8H,6-7,9H2,1H3,(H,16,18). The summed E-state index contributed by atoms with van der Waals surface area (Å²) in [5, 5.41) is 4.67. The van der Waals surface area contributed by atoms with Gasteiger partial charge >= 0.3 is 5.97 Å². The lowest BCUT2D eigenvalue weighted by Gasteiger charge is -2.05. The summed E-state index contributed by atoms with van der Waals surface area (Å²) in [6, 6.07) is 7.06. The lowest BCUT2D eigenvalue weighted by molar-refractivity contribution is -0.124. The Morgan fingerprint density at radius 1 is 1.18 bits per heavy atom. The van der Waals surface area contributed by atoms with Crippen LogP contribution in [0.4, 0.5) is 0 Å². The number of ketones is 1. The molecule has 0 aromatic carbocycles. The Labute approximate surface area is 135 Å². The van der Waals surface area contributed by atoms with Gasteiger partial charge in [0.05, 0.1) is 4.88 Å². The number of carbonyl (C=O) groups excluding carboxylic acids is 3. The monoisotopic (exact) mass is 337 g/mol. The van der Waals surface area contributed by atoms with Gasteiger partial charge < -0.3 is 10.1 Å². The van der Waals surface area contributed by atoms with Crippen LogP contribution >= 0.6 is 22.7 Å². The second kappa shape index (κ2) is 7.86. The van der Waals surface area contributed by atoms with Crippen molar-refractivity contribution < 1.29 is 19.1 Å². The van der Waals surface area contributed by atoms with Crippen molar-refractivity contribution in [3.63, 3.8) is 0 Å². The number of hydrogen-bond donors (Lipinski definition) is 1. The highest BCUT2D eigenvalue weighted by atomic mass is 32.1. The topological polar surface area (TPSA) is 72.5 Å². The van der Waals surface area contributed by atoms with Crippen LogP contribution in [0.1, 0.15) is 31.1 Å². The van der Waals surface area contributed by atoms with Crippen LogP contribution in [0.25, 0.3) is 0 Å². The van der Waals surface area contributed by atoms with E-state index in [9.17, 15) is 14.4 Å². The van der Waals surface area contributed by atoms with Gasteiger partial charge in [0.15, 0.2) is 12.4 Å². The van der Waals surface area contributed by atoms with Gasteiger partial charge in [-0.25, -0.2) is 4.79 Å². The molecule has 5 nitrogen and oxygen atoms in total. The molecule has 116 valence electrons. The van der Waals surface area contributed by atoms with Gasteiger partial charge in [-0.2, -0.15) is 0 Å². The van der Waals surface area contributed by atoms with Crippen LogP contribution in [-0.4, -0.2) is 30.8 Å². The maximum absolute atomic E-state index is 11.7. The number of Topliss-reactive ketones (excluding diaryl/α,β-unsaturated/α-hetero) is 1. The fourth-order valence-electron chi connectivity index (χ4n) is 1.67. The van der Waals surface area contributed by atoms with Crippen molar-refractivity contribution in [2.24, 2.45) is 0 Å². The van der Waals surface area contributed by atoms with E-state index in [0.29, 0.717) is 16.3 Å². The molecule has 0 bridgehead atoms. The van der Waals surface area contributed by atoms with E-state index < -0.39 is 5.97 Å². The smallest absolute Gasteiger partial charge is 0.348 e. The first kappa shape index (κ1) is 16.4. The Kier molecular flexibility index (Phi) is 5.85. The molecular formula is C15H15NO4S2. The van der Waals surface area contributed by atoms with Crippen molar-refractivity contribution in [2.45, 2.75) is 13.3 Å². The largest absolute Gasteiger partial charge is 0.451 e. The van der Waals surface area contributed by atoms with Crippen molar-refractivity contribution in [1.29, 1.82) is 0 Å². The van der Waals surface area contributed by atoms with E-state index in [1.165, 1.54) is 17.9 Å². The molecule has 22 heavy (non-hydrogen) atoms. The van der Waals surface area contributed by atoms with Crippen molar-refractivity contribution in [2.75, 3.05) is 13.2 Å². The van der Waals surface area contributed by atoms with E-state index in [2.05, 4.69) is 5.32 Å². The average Bonchev–Trinajstić information content (AvgIpc) is 3.15. The van der Waals surface area contributed by atoms with E-state index >= 15 is 0 Å². The molecular weight excluding hydrogens is 322 g/mol.